The molecular formula is C21H22N4O2S. The number of hydrogen-bond acceptors (Lipinski definition) is 5. The standard InChI is InChI=1S/C21H22N4O2S/c1-16-2-4-17(5-3-16)15-25-10-13-28-21(25)23-20(26)18-6-7-19(22-14-18)24-8-11-27-12-9-24/h2-7,10,13-14H,8-9,11-12,15H2,1H3. The zero-order chi connectivity index (χ0) is 19.3. The topological polar surface area (TPSA) is 59.7 Å². The van der Waals surface area contributed by atoms with Crippen LogP contribution in [0.25, 0.3) is 0 Å². The molecule has 0 spiro atoms. The maximum Gasteiger partial charge on any atom is 0.281 e. The second-order valence-electron chi connectivity index (χ2n) is 6.72. The number of aryl methyl sites for hydroxylation is 1. The smallest absolute Gasteiger partial charge is 0.281 e. The Hall–Kier alpha value is -2.77. The summed E-state index contributed by atoms with van der Waals surface area (Å²) in [5.41, 5.74) is 2.90. The fourth-order valence-corrected chi connectivity index (χ4v) is 3.77. The molecule has 6 nitrogen and oxygen atoms in total. The van der Waals surface area contributed by atoms with Gasteiger partial charge >= 0.3 is 0 Å². The van der Waals surface area contributed by atoms with E-state index in [-0.39, 0.29) is 5.91 Å². The largest absolute Gasteiger partial charge is 0.378 e. The minimum absolute atomic E-state index is 0.277. The molecule has 2 aromatic heterocycles. The van der Waals surface area contributed by atoms with Crippen molar-refractivity contribution in [2.75, 3.05) is 31.2 Å². The molecule has 4 rings (SSSR count). The summed E-state index contributed by atoms with van der Waals surface area (Å²) in [7, 11) is 0. The van der Waals surface area contributed by atoms with Crippen molar-refractivity contribution < 1.29 is 9.53 Å². The number of hydrogen-bond donors (Lipinski definition) is 0. The van der Waals surface area contributed by atoms with E-state index in [1.54, 1.807) is 12.3 Å². The summed E-state index contributed by atoms with van der Waals surface area (Å²) in [6, 6.07) is 12.0. The van der Waals surface area contributed by atoms with Gasteiger partial charge in [-0.05, 0) is 24.6 Å². The number of rotatable bonds is 4. The molecule has 1 saturated heterocycles. The van der Waals surface area contributed by atoms with Crippen molar-refractivity contribution in [2.45, 2.75) is 13.5 Å². The SMILES string of the molecule is Cc1ccc(Cn2ccsc2=NC(=O)c2ccc(N3CCOCC3)nc2)cc1. The van der Waals surface area contributed by atoms with Crippen LogP contribution in [0.2, 0.25) is 0 Å². The van der Waals surface area contributed by atoms with E-state index in [1.165, 1.54) is 22.5 Å². The van der Waals surface area contributed by atoms with Crippen molar-refractivity contribution in [3.8, 4) is 0 Å². The van der Waals surface area contributed by atoms with Gasteiger partial charge in [0.05, 0.1) is 18.8 Å². The van der Waals surface area contributed by atoms with E-state index >= 15 is 0 Å². The number of anilines is 1. The van der Waals surface area contributed by atoms with Crippen molar-refractivity contribution in [3.05, 3.63) is 75.7 Å². The number of thiazole rings is 1. The lowest BCUT2D eigenvalue weighted by molar-refractivity contribution is 0.0997. The van der Waals surface area contributed by atoms with Crippen molar-refractivity contribution >= 4 is 23.1 Å². The van der Waals surface area contributed by atoms with Crippen LogP contribution in [0.1, 0.15) is 21.5 Å². The molecular weight excluding hydrogens is 372 g/mol. The molecule has 0 saturated carbocycles. The molecule has 0 unspecified atom stereocenters. The molecule has 1 amide bonds. The molecule has 7 heteroatoms. The highest BCUT2D eigenvalue weighted by Crippen LogP contribution is 2.13. The number of ether oxygens (including phenoxy) is 1. The minimum atomic E-state index is -0.277. The van der Waals surface area contributed by atoms with Crippen LogP contribution in [0.5, 0.6) is 0 Å². The Morgan fingerprint density at radius 3 is 2.68 bits per heavy atom. The van der Waals surface area contributed by atoms with Crippen LogP contribution in [0.3, 0.4) is 0 Å². The highest BCUT2D eigenvalue weighted by atomic mass is 32.1. The van der Waals surface area contributed by atoms with E-state index in [0.717, 1.165) is 18.9 Å². The average Bonchev–Trinajstić information content (AvgIpc) is 3.17. The lowest BCUT2D eigenvalue weighted by Gasteiger charge is -2.27. The first-order chi connectivity index (χ1) is 13.7. The zero-order valence-electron chi connectivity index (χ0n) is 15.7. The third kappa shape index (κ3) is 4.37. The molecule has 144 valence electrons. The van der Waals surface area contributed by atoms with Crippen LogP contribution < -0.4 is 9.70 Å². The summed E-state index contributed by atoms with van der Waals surface area (Å²) in [4.78, 5) is 24.2. The van der Waals surface area contributed by atoms with Crippen molar-refractivity contribution in [1.82, 2.24) is 9.55 Å². The number of carbonyl (C=O) groups is 1. The van der Waals surface area contributed by atoms with Gasteiger partial charge in [-0.25, -0.2) is 4.98 Å². The van der Waals surface area contributed by atoms with Gasteiger partial charge in [0, 0.05) is 37.4 Å². The Morgan fingerprint density at radius 2 is 1.96 bits per heavy atom. The van der Waals surface area contributed by atoms with Crippen LogP contribution in [-0.2, 0) is 11.3 Å². The van der Waals surface area contributed by atoms with Crippen LogP contribution in [0.15, 0.2) is 59.2 Å². The van der Waals surface area contributed by atoms with Gasteiger partial charge in [0.15, 0.2) is 4.80 Å². The fraction of sp³-hybridized carbons (Fsp3) is 0.286. The number of aromatic nitrogens is 2. The molecule has 1 aliphatic rings. The first-order valence-electron chi connectivity index (χ1n) is 9.26. The second-order valence-corrected chi connectivity index (χ2v) is 7.59. The summed E-state index contributed by atoms with van der Waals surface area (Å²) in [5.74, 6) is 0.589. The van der Waals surface area contributed by atoms with E-state index in [0.29, 0.717) is 30.1 Å². The highest BCUT2D eigenvalue weighted by molar-refractivity contribution is 7.07. The van der Waals surface area contributed by atoms with Gasteiger partial charge in [0.25, 0.3) is 5.91 Å². The van der Waals surface area contributed by atoms with Crippen LogP contribution in [0, 0.1) is 6.92 Å². The Bertz CT molecular complexity index is 1000. The van der Waals surface area contributed by atoms with Gasteiger partial charge in [-0.15, -0.1) is 11.3 Å². The molecule has 0 aliphatic carbocycles. The van der Waals surface area contributed by atoms with Crippen LogP contribution in [-0.4, -0.2) is 41.8 Å². The normalized spacial score (nSPS) is 15.0. The lowest BCUT2D eigenvalue weighted by Crippen LogP contribution is -2.36. The third-order valence-corrected chi connectivity index (χ3v) is 5.45. The molecule has 0 N–H and O–H groups in total. The van der Waals surface area contributed by atoms with Crippen molar-refractivity contribution in [1.29, 1.82) is 0 Å². The van der Waals surface area contributed by atoms with Gasteiger partial charge in [-0.2, -0.15) is 4.99 Å². The fourth-order valence-electron chi connectivity index (χ4n) is 3.04. The monoisotopic (exact) mass is 394 g/mol. The van der Waals surface area contributed by atoms with Crippen LogP contribution >= 0.6 is 11.3 Å². The second kappa shape index (κ2) is 8.50. The molecule has 0 atom stereocenters. The number of carbonyl (C=O) groups excluding carboxylic acids is 1. The summed E-state index contributed by atoms with van der Waals surface area (Å²) in [5, 5.41) is 1.94. The third-order valence-electron chi connectivity index (χ3n) is 4.66. The molecule has 28 heavy (non-hydrogen) atoms. The zero-order valence-corrected chi connectivity index (χ0v) is 16.6. The number of benzene rings is 1. The Morgan fingerprint density at radius 1 is 1.18 bits per heavy atom. The Labute approximate surface area is 167 Å². The molecule has 1 aliphatic heterocycles. The Kier molecular flexibility index (Phi) is 5.64. The predicted molar refractivity (Wildman–Crippen MR) is 110 cm³/mol. The number of nitrogens with zero attached hydrogens (tertiary/aromatic N) is 4. The van der Waals surface area contributed by atoms with Crippen molar-refractivity contribution in [2.24, 2.45) is 4.99 Å². The predicted octanol–water partition coefficient (Wildman–Crippen LogP) is 2.88. The number of pyridine rings is 1. The van der Waals surface area contributed by atoms with Gasteiger partial charge in [0.1, 0.15) is 5.82 Å². The maximum absolute atomic E-state index is 12.6. The lowest BCUT2D eigenvalue weighted by atomic mass is 10.1. The molecule has 3 aromatic rings. The van der Waals surface area contributed by atoms with E-state index in [1.807, 2.05) is 22.2 Å². The van der Waals surface area contributed by atoms with E-state index < -0.39 is 0 Å². The van der Waals surface area contributed by atoms with Gasteiger partial charge in [0.2, 0.25) is 0 Å². The number of morpholine rings is 1. The van der Waals surface area contributed by atoms with Gasteiger partial charge in [-0.3, -0.25) is 4.79 Å². The minimum Gasteiger partial charge on any atom is -0.378 e. The Balaban J connectivity index is 1.50. The number of amides is 1. The molecule has 3 heterocycles. The van der Waals surface area contributed by atoms with Crippen LogP contribution in [0.4, 0.5) is 5.82 Å². The average molecular weight is 395 g/mol. The van der Waals surface area contributed by atoms with Crippen molar-refractivity contribution in [3.63, 3.8) is 0 Å². The molecule has 1 aromatic carbocycles. The highest BCUT2D eigenvalue weighted by Gasteiger charge is 2.13. The van der Waals surface area contributed by atoms with E-state index in [2.05, 4.69) is 46.1 Å². The van der Waals surface area contributed by atoms with Gasteiger partial charge in [-0.1, -0.05) is 29.8 Å². The molecule has 1 fully saturated rings. The summed E-state index contributed by atoms with van der Waals surface area (Å²) in [6.07, 6.45) is 3.56. The molecule has 0 radical (unpaired) electrons. The first-order valence-corrected chi connectivity index (χ1v) is 10.1. The summed E-state index contributed by atoms with van der Waals surface area (Å²) in [6.45, 7) is 5.80. The quantitative estimate of drug-likeness (QED) is 0.683. The van der Waals surface area contributed by atoms with Gasteiger partial charge < -0.3 is 14.2 Å². The molecule has 0 bridgehead atoms. The summed E-state index contributed by atoms with van der Waals surface area (Å²) < 4.78 is 7.35. The first kappa shape index (κ1) is 18.6. The summed E-state index contributed by atoms with van der Waals surface area (Å²) >= 11 is 1.45. The van der Waals surface area contributed by atoms with E-state index in [4.69, 9.17) is 4.74 Å². The maximum atomic E-state index is 12.6. The van der Waals surface area contributed by atoms with E-state index in [9.17, 15) is 4.79 Å².